The van der Waals surface area contributed by atoms with Crippen LogP contribution in [0.4, 0.5) is 0 Å². The molecule has 0 bridgehead atoms. The molecule has 1 aliphatic carbocycles. The second kappa shape index (κ2) is 5.23. The molecule has 1 aromatic carbocycles. The van der Waals surface area contributed by atoms with Gasteiger partial charge in [0.1, 0.15) is 0 Å². The van der Waals surface area contributed by atoms with Crippen LogP contribution in [0, 0.1) is 13.8 Å². The topological polar surface area (TPSA) is 43.1 Å². The van der Waals surface area contributed by atoms with Crippen molar-refractivity contribution in [2.45, 2.75) is 57.9 Å². The first kappa shape index (κ1) is 13.3. The van der Waals surface area contributed by atoms with Crippen molar-refractivity contribution >= 4 is 5.78 Å². The summed E-state index contributed by atoms with van der Waals surface area (Å²) in [4.78, 5) is 12.5. The molecule has 0 unspecified atom stereocenters. The van der Waals surface area contributed by atoms with E-state index in [1.165, 1.54) is 17.5 Å². The van der Waals surface area contributed by atoms with E-state index in [9.17, 15) is 4.79 Å². The molecule has 98 valence electrons. The fourth-order valence-electron chi connectivity index (χ4n) is 2.93. The van der Waals surface area contributed by atoms with E-state index in [1.807, 2.05) is 6.07 Å². The SMILES string of the molecule is Cc1cccc(C)c1CC(=O)C1(N)CCCCC1. The molecular weight excluding hydrogens is 222 g/mol. The summed E-state index contributed by atoms with van der Waals surface area (Å²) in [5, 5.41) is 0. The molecule has 0 spiro atoms. The zero-order valence-corrected chi connectivity index (χ0v) is 11.5. The molecule has 0 atom stereocenters. The minimum atomic E-state index is -0.563. The lowest BCUT2D eigenvalue weighted by molar-refractivity contribution is -0.124. The minimum Gasteiger partial charge on any atom is -0.319 e. The van der Waals surface area contributed by atoms with Crippen LogP contribution in [0.3, 0.4) is 0 Å². The van der Waals surface area contributed by atoms with Crippen LogP contribution in [0.15, 0.2) is 18.2 Å². The van der Waals surface area contributed by atoms with Crippen molar-refractivity contribution in [2.24, 2.45) is 5.73 Å². The van der Waals surface area contributed by atoms with Crippen molar-refractivity contribution in [3.8, 4) is 0 Å². The summed E-state index contributed by atoms with van der Waals surface area (Å²) >= 11 is 0. The Balaban J connectivity index is 2.16. The van der Waals surface area contributed by atoms with E-state index in [0.717, 1.165) is 31.2 Å². The van der Waals surface area contributed by atoms with Crippen molar-refractivity contribution in [3.05, 3.63) is 34.9 Å². The van der Waals surface area contributed by atoms with Crippen LogP contribution in [0.5, 0.6) is 0 Å². The second-order valence-electron chi connectivity index (χ2n) is 5.69. The summed E-state index contributed by atoms with van der Waals surface area (Å²) in [5.74, 6) is 0.222. The van der Waals surface area contributed by atoms with E-state index >= 15 is 0 Å². The molecule has 0 saturated heterocycles. The van der Waals surface area contributed by atoms with Crippen LogP contribution in [0.2, 0.25) is 0 Å². The lowest BCUT2D eigenvalue weighted by Crippen LogP contribution is -2.50. The molecule has 1 aromatic rings. The van der Waals surface area contributed by atoms with E-state index in [-0.39, 0.29) is 5.78 Å². The van der Waals surface area contributed by atoms with Crippen molar-refractivity contribution in [1.82, 2.24) is 0 Å². The maximum atomic E-state index is 12.5. The summed E-state index contributed by atoms with van der Waals surface area (Å²) in [6, 6.07) is 6.18. The Morgan fingerprint density at radius 1 is 1.17 bits per heavy atom. The number of benzene rings is 1. The lowest BCUT2D eigenvalue weighted by Gasteiger charge is -2.32. The predicted molar refractivity (Wildman–Crippen MR) is 74.6 cm³/mol. The molecule has 2 nitrogen and oxygen atoms in total. The third kappa shape index (κ3) is 2.64. The number of carbonyl (C=O) groups excluding carboxylic acids is 1. The summed E-state index contributed by atoms with van der Waals surface area (Å²) in [6.07, 6.45) is 5.61. The van der Waals surface area contributed by atoms with Crippen LogP contribution in [-0.2, 0) is 11.2 Å². The Labute approximate surface area is 110 Å². The fourth-order valence-corrected chi connectivity index (χ4v) is 2.93. The van der Waals surface area contributed by atoms with E-state index in [0.29, 0.717) is 6.42 Å². The Hall–Kier alpha value is -1.15. The van der Waals surface area contributed by atoms with Gasteiger partial charge in [-0.1, -0.05) is 37.5 Å². The number of nitrogens with two attached hydrogens (primary N) is 1. The number of hydrogen-bond donors (Lipinski definition) is 1. The van der Waals surface area contributed by atoms with Gasteiger partial charge >= 0.3 is 0 Å². The molecule has 0 aliphatic heterocycles. The Morgan fingerprint density at radius 2 is 1.72 bits per heavy atom. The van der Waals surface area contributed by atoms with Gasteiger partial charge < -0.3 is 5.73 Å². The summed E-state index contributed by atoms with van der Waals surface area (Å²) in [7, 11) is 0. The highest BCUT2D eigenvalue weighted by atomic mass is 16.1. The average molecular weight is 245 g/mol. The Bertz CT molecular complexity index is 424. The van der Waals surface area contributed by atoms with Gasteiger partial charge in [-0.3, -0.25) is 4.79 Å². The molecule has 1 saturated carbocycles. The standard InChI is InChI=1S/C16H23NO/c1-12-7-6-8-13(2)14(12)11-15(18)16(17)9-4-3-5-10-16/h6-8H,3-5,9-11,17H2,1-2H3. The largest absolute Gasteiger partial charge is 0.319 e. The van der Waals surface area contributed by atoms with Crippen LogP contribution < -0.4 is 5.73 Å². The van der Waals surface area contributed by atoms with Gasteiger partial charge in [0.2, 0.25) is 0 Å². The number of aryl methyl sites for hydroxylation is 2. The first-order chi connectivity index (χ1) is 8.53. The summed E-state index contributed by atoms with van der Waals surface area (Å²) in [5.41, 5.74) is 9.30. The van der Waals surface area contributed by atoms with E-state index in [4.69, 9.17) is 5.73 Å². The molecule has 1 aliphatic rings. The average Bonchev–Trinajstić information content (AvgIpc) is 2.34. The van der Waals surface area contributed by atoms with Crippen LogP contribution in [0.25, 0.3) is 0 Å². The maximum Gasteiger partial charge on any atom is 0.157 e. The van der Waals surface area contributed by atoms with Gasteiger partial charge in [-0.05, 0) is 43.4 Å². The number of Topliss-reactive ketones (excluding diaryl/α,β-unsaturated/α-hetero) is 1. The summed E-state index contributed by atoms with van der Waals surface area (Å²) < 4.78 is 0. The predicted octanol–water partition coefficient (Wildman–Crippen LogP) is 3.08. The molecule has 0 aromatic heterocycles. The molecule has 2 rings (SSSR count). The number of carbonyl (C=O) groups is 1. The molecule has 1 fully saturated rings. The molecule has 0 amide bonds. The van der Waals surface area contributed by atoms with Crippen molar-refractivity contribution in [3.63, 3.8) is 0 Å². The van der Waals surface area contributed by atoms with Crippen LogP contribution >= 0.6 is 0 Å². The number of rotatable bonds is 3. The maximum absolute atomic E-state index is 12.5. The Morgan fingerprint density at radius 3 is 2.28 bits per heavy atom. The van der Waals surface area contributed by atoms with Gasteiger partial charge in [0.25, 0.3) is 0 Å². The quantitative estimate of drug-likeness (QED) is 0.889. The van der Waals surface area contributed by atoms with E-state index in [1.54, 1.807) is 0 Å². The fraction of sp³-hybridized carbons (Fsp3) is 0.562. The zero-order valence-electron chi connectivity index (χ0n) is 11.5. The van der Waals surface area contributed by atoms with E-state index in [2.05, 4.69) is 26.0 Å². The first-order valence-corrected chi connectivity index (χ1v) is 6.90. The third-order valence-electron chi connectivity index (χ3n) is 4.28. The molecular formula is C16H23NO. The van der Waals surface area contributed by atoms with Gasteiger partial charge in [-0.2, -0.15) is 0 Å². The summed E-state index contributed by atoms with van der Waals surface area (Å²) in [6.45, 7) is 4.14. The van der Waals surface area contributed by atoms with Gasteiger partial charge in [0.15, 0.2) is 5.78 Å². The molecule has 0 heterocycles. The highest BCUT2D eigenvalue weighted by Gasteiger charge is 2.34. The van der Waals surface area contributed by atoms with Crippen molar-refractivity contribution < 1.29 is 4.79 Å². The van der Waals surface area contributed by atoms with Gasteiger partial charge in [-0.15, -0.1) is 0 Å². The first-order valence-electron chi connectivity index (χ1n) is 6.90. The molecule has 2 N–H and O–H groups in total. The lowest BCUT2D eigenvalue weighted by atomic mass is 9.77. The third-order valence-corrected chi connectivity index (χ3v) is 4.28. The minimum absolute atomic E-state index is 0.222. The molecule has 18 heavy (non-hydrogen) atoms. The Kier molecular flexibility index (Phi) is 3.86. The second-order valence-corrected chi connectivity index (χ2v) is 5.69. The van der Waals surface area contributed by atoms with Gasteiger partial charge in [-0.25, -0.2) is 0 Å². The highest BCUT2D eigenvalue weighted by Crippen LogP contribution is 2.28. The molecule has 0 radical (unpaired) electrons. The molecule has 2 heteroatoms. The monoisotopic (exact) mass is 245 g/mol. The van der Waals surface area contributed by atoms with Crippen molar-refractivity contribution in [1.29, 1.82) is 0 Å². The smallest absolute Gasteiger partial charge is 0.157 e. The highest BCUT2D eigenvalue weighted by molar-refractivity contribution is 5.90. The van der Waals surface area contributed by atoms with Crippen LogP contribution in [-0.4, -0.2) is 11.3 Å². The van der Waals surface area contributed by atoms with Gasteiger partial charge in [0, 0.05) is 6.42 Å². The zero-order chi connectivity index (χ0) is 13.2. The number of ketones is 1. The van der Waals surface area contributed by atoms with Crippen LogP contribution in [0.1, 0.15) is 48.8 Å². The normalized spacial score (nSPS) is 18.6. The van der Waals surface area contributed by atoms with Crippen molar-refractivity contribution in [2.75, 3.05) is 0 Å². The number of hydrogen-bond acceptors (Lipinski definition) is 2. The van der Waals surface area contributed by atoms with E-state index < -0.39 is 5.54 Å². The van der Waals surface area contributed by atoms with Gasteiger partial charge in [0.05, 0.1) is 5.54 Å².